The van der Waals surface area contributed by atoms with Crippen LogP contribution in [0.1, 0.15) is 41.5 Å². The first-order valence-corrected chi connectivity index (χ1v) is 9.43. The van der Waals surface area contributed by atoms with Crippen molar-refractivity contribution in [3.63, 3.8) is 0 Å². The molecule has 134 valence electrons. The third kappa shape index (κ3) is 3.37. The SMILES string of the molecule is CNCCC1CC(=C2c3ccccc3C=Cc3ccc(F)cc32)CCN1. The van der Waals surface area contributed by atoms with Gasteiger partial charge in [-0.1, -0.05) is 48.1 Å². The van der Waals surface area contributed by atoms with E-state index in [0.29, 0.717) is 6.04 Å². The summed E-state index contributed by atoms with van der Waals surface area (Å²) < 4.78 is 14.1. The molecule has 3 heteroatoms. The third-order valence-electron chi connectivity index (χ3n) is 5.41. The van der Waals surface area contributed by atoms with E-state index in [1.165, 1.54) is 22.3 Å². The van der Waals surface area contributed by atoms with Crippen molar-refractivity contribution in [3.8, 4) is 0 Å². The highest BCUT2D eigenvalue weighted by atomic mass is 19.1. The summed E-state index contributed by atoms with van der Waals surface area (Å²) in [5, 5.41) is 6.88. The van der Waals surface area contributed by atoms with E-state index in [1.807, 2.05) is 13.1 Å². The minimum absolute atomic E-state index is 0.171. The molecule has 2 aromatic carbocycles. The lowest BCUT2D eigenvalue weighted by molar-refractivity contribution is 0.434. The largest absolute Gasteiger partial charge is 0.320 e. The van der Waals surface area contributed by atoms with Crippen LogP contribution < -0.4 is 10.6 Å². The van der Waals surface area contributed by atoms with Crippen molar-refractivity contribution in [1.29, 1.82) is 0 Å². The normalized spacial score (nSPS) is 21.8. The van der Waals surface area contributed by atoms with Crippen LogP contribution in [0.2, 0.25) is 0 Å². The predicted octanol–water partition coefficient (Wildman–Crippen LogP) is 4.47. The lowest BCUT2D eigenvalue weighted by Crippen LogP contribution is -2.37. The predicted molar refractivity (Wildman–Crippen MR) is 107 cm³/mol. The highest BCUT2D eigenvalue weighted by molar-refractivity contribution is 5.95. The molecule has 0 amide bonds. The summed E-state index contributed by atoms with van der Waals surface area (Å²) in [5.74, 6) is -0.171. The fourth-order valence-electron chi connectivity index (χ4n) is 4.11. The molecule has 26 heavy (non-hydrogen) atoms. The molecule has 2 N–H and O–H groups in total. The summed E-state index contributed by atoms with van der Waals surface area (Å²) in [4.78, 5) is 0. The molecule has 1 heterocycles. The summed E-state index contributed by atoms with van der Waals surface area (Å²) >= 11 is 0. The Labute approximate surface area is 154 Å². The molecule has 1 fully saturated rings. The lowest BCUT2D eigenvalue weighted by Gasteiger charge is -2.29. The summed E-state index contributed by atoms with van der Waals surface area (Å²) in [6, 6.07) is 14.1. The maximum Gasteiger partial charge on any atom is 0.123 e. The van der Waals surface area contributed by atoms with Gasteiger partial charge in [0.25, 0.3) is 0 Å². The van der Waals surface area contributed by atoms with Crippen LogP contribution in [0.3, 0.4) is 0 Å². The van der Waals surface area contributed by atoms with E-state index < -0.39 is 0 Å². The maximum atomic E-state index is 14.1. The second-order valence-electron chi connectivity index (χ2n) is 7.13. The van der Waals surface area contributed by atoms with E-state index in [0.717, 1.165) is 43.5 Å². The van der Waals surface area contributed by atoms with Gasteiger partial charge in [-0.3, -0.25) is 0 Å². The molecular formula is C23H25FN2. The van der Waals surface area contributed by atoms with Gasteiger partial charge >= 0.3 is 0 Å². The molecule has 0 aromatic heterocycles. The first kappa shape index (κ1) is 17.2. The Morgan fingerprint density at radius 2 is 1.88 bits per heavy atom. The number of fused-ring (bicyclic) bond motifs is 2. The van der Waals surface area contributed by atoms with Gasteiger partial charge in [-0.25, -0.2) is 4.39 Å². The zero-order chi connectivity index (χ0) is 17.9. The average molecular weight is 348 g/mol. The van der Waals surface area contributed by atoms with Crippen LogP contribution in [-0.2, 0) is 0 Å². The summed E-state index contributed by atoms with van der Waals surface area (Å²) in [7, 11) is 1.99. The van der Waals surface area contributed by atoms with E-state index in [1.54, 1.807) is 12.1 Å². The van der Waals surface area contributed by atoms with Crippen molar-refractivity contribution in [3.05, 3.63) is 76.1 Å². The Morgan fingerprint density at radius 1 is 1.08 bits per heavy atom. The molecule has 0 saturated carbocycles. The zero-order valence-electron chi connectivity index (χ0n) is 15.2. The maximum absolute atomic E-state index is 14.1. The first-order chi connectivity index (χ1) is 12.8. The fraction of sp³-hybridized carbons (Fsp3) is 0.304. The molecule has 0 spiro atoms. The molecule has 1 aliphatic carbocycles. The van der Waals surface area contributed by atoms with Gasteiger partial charge in [-0.05, 0) is 79.4 Å². The number of halogens is 1. The van der Waals surface area contributed by atoms with Crippen molar-refractivity contribution >= 4 is 17.7 Å². The van der Waals surface area contributed by atoms with E-state index in [-0.39, 0.29) is 5.82 Å². The number of rotatable bonds is 3. The second-order valence-corrected chi connectivity index (χ2v) is 7.13. The van der Waals surface area contributed by atoms with Crippen LogP contribution in [-0.4, -0.2) is 26.2 Å². The van der Waals surface area contributed by atoms with Gasteiger partial charge in [-0.2, -0.15) is 0 Å². The van der Waals surface area contributed by atoms with Crippen molar-refractivity contribution in [2.75, 3.05) is 20.1 Å². The van der Waals surface area contributed by atoms with Crippen LogP contribution in [0.25, 0.3) is 17.7 Å². The molecule has 1 unspecified atom stereocenters. The minimum atomic E-state index is -0.171. The molecule has 2 aromatic rings. The van der Waals surface area contributed by atoms with Crippen molar-refractivity contribution in [2.45, 2.75) is 25.3 Å². The number of piperidine rings is 1. The van der Waals surface area contributed by atoms with Crippen molar-refractivity contribution in [2.24, 2.45) is 0 Å². The molecule has 4 rings (SSSR count). The van der Waals surface area contributed by atoms with Gasteiger partial charge < -0.3 is 10.6 Å². The van der Waals surface area contributed by atoms with Crippen LogP contribution in [0.4, 0.5) is 4.39 Å². The Balaban J connectivity index is 1.86. The molecule has 1 saturated heterocycles. The Morgan fingerprint density at radius 3 is 2.73 bits per heavy atom. The van der Waals surface area contributed by atoms with Crippen LogP contribution >= 0.6 is 0 Å². The number of hydrogen-bond donors (Lipinski definition) is 2. The Kier molecular flexibility index (Phi) is 5.00. The third-order valence-corrected chi connectivity index (χ3v) is 5.41. The zero-order valence-corrected chi connectivity index (χ0v) is 15.2. The standard InChI is InChI=1S/C23H25FN2/c1-25-12-11-20-14-18(10-13-26-20)23-21-5-3-2-4-16(21)6-7-17-8-9-19(24)15-22(17)23/h2-9,15,20,25-26H,10-14H2,1H3. The number of benzene rings is 2. The highest BCUT2D eigenvalue weighted by Crippen LogP contribution is 2.39. The van der Waals surface area contributed by atoms with E-state index in [2.05, 4.69) is 47.1 Å². The van der Waals surface area contributed by atoms with Gasteiger partial charge in [0.05, 0.1) is 0 Å². The molecule has 0 radical (unpaired) electrons. The van der Waals surface area contributed by atoms with Gasteiger partial charge in [-0.15, -0.1) is 0 Å². The second kappa shape index (κ2) is 7.56. The van der Waals surface area contributed by atoms with Crippen LogP contribution in [0.5, 0.6) is 0 Å². The van der Waals surface area contributed by atoms with Gasteiger partial charge in [0.2, 0.25) is 0 Å². The average Bonchev–Trinajstić information content (AvgIpc) is 2.83. The molecule has 0 bridgehead atoms. The minimum Gasteiger partial charge on any atom is -0.320 e. The molecule has 1 atom stereocenters. The van der Waals surface area contributed by atoms with Crippen LogP contribution in [0, 0.1) is 5.82 Å². The highest BCUT2D eigenvalue weighted by Gasteiger charge is 2.24. The fourth-order valence-corrected chi connectivity index (χ4v) is 4.11. The van der Waals surface area contributed by atoms with Gasteiger partial charge in [0.15, 0.2) is 0 Å². The summed E-state index contributed by atoms with van der Waals surface area (Å²) in [6.07, 6.45) is 7.39. The first-order valence-electron chi connectivity index (χ1n) is 9.43. The van der Waals surface area contributed by atoms with Crippen molar-refractivity contribution < 1.29 is 4.39 Å². The summed E-state index contributed by atoms with van der Waals surface area (Å²) in [5.41, 5.74) is 7.21. The molecule has 1 aliphatic heterocycles. The lowest BCUT2D eigenvalue weighted by atomic mass is 9.84. The van der Waals surface area contributed by atoms with Gasteiger partial charge in [0, 0.05) is 6.04 Å². The molecule has 2 aliphatic rings. The Hall–Kier alpha value is -2.23. The van der Waals surface area contributed by atoms with E-state index in [9.17, 15) is 4.39 Å². The number of hydrogen-bond acceptors (Lipinski definition) is 2. The Bertz CT molecular complexity index is 866. The summed E-state index contributed by atoms with van der Waals surface area (Å²) in [6.45, 7) is 1.98. The molecular weight excluding hydrogens is 323 g/mol. The van der Waals surface area contributed by atoms with Crippen molar-refractivity contribution in [1.82, 2.24) is 10.6 Å². The topological polar surface area (TPSA) is 24.1 Å². The number of nitrogens with one attached hydrogen (secondary N) is 2. The quantitative estimate of drug-likeness (QED) is 0.730. The van der Waals surface area contributed by atoms with E-state index >= 15 is 0 Å². The smallest absolute Gasteiger partial charge is 0.123 e. The molecule has 2 nitrogen and oxygen atoms in total. The van der Waals surface area contributed by atoms with Crippen LogP contribution in [0.15, 0.2) is 48.0 Å². The monoisotopic (exact) mass is 348 g/mol. The van der Waals surface area contributed by atoms with Gasteiger partial charge in [0.1, 0.15) is 5.82 Å². The van der Waals surface area contributed by atoms with E-state index in [4.69, 9.17) is 0 Å².